The molecule has 24 heavy (non-hydrogen) atoms. The van der Waals surface area contributed by atoms with Gasteiger partial charge in [0.25, 0.3) is 5.91 Å². The lowest BCUT2D eigenvalue weighted by atomic mass is 10.2. The fourth-order valence-corrected chi connectivity index (χ4v) is 1.99. The average Bonchev–Trinajstić information content (AvgIpc) is 2.58. The third-order valence-corrected chi connectivity index (χ3v) is 3.13. The van der Waals surface area contributed by atoms with Crippen LogP contribution in [0.1, 0.15) is 15.9 Å². The van der Waals surface area contributed by atoms with Crippen LogP contribution in [0.3, 0.4) is 0 Å². The first-order chi connectivity index (χ1) is 11.5. The molecule has 0 aliphatic rings. The number of hydrogen-bond donors (Lipinski definition) is 1. The van der Waals surface area contributed by atoms with Crippen LogP contribution in [0.4, 0.5) is 4.39 Å². The highest BCUT2D eigenvalue weighted by Crippen LogP contribution is 2.20. The van der Waals surface area contributed by atoms with Crippen molar-refractivity contribution >= 4 is 11.9 Å². The summed E-state index contributed by atoms with van der Waals surface area (Å²) in [4.78, 5) is 23.0. The second kappa shape index (κ2) is 7.96. The monoisotopic (exact) mass is 333 g/mol. The van der Waals surface area contributed by atoms with Gasteiger partial charge >= 0.3 is 5.97 Å². The molecular weight excluding hydrogens is 317 g/mol. The van der Waals surface area contributed by atoms with Crippen LogP contribution in [0, 0.1) is 5.82 Å². The molecule has 0 aliphatic carbocycles. The molecule has 0 unspecified atom stereocenters. The number of primary amides is 1. The molecule has 126 valence electrons. The molecule has 0 spiro atoms. The van der Waals surface area contributed by atoms with E-state index in [1.165, 1.54) is 37.4 Å². The number of hydrogen-bond acceptors (Lipinski definition) is 5. The van der Waals surface area contributed by atoms with Crippen molar-refractivity contribution in [2.45, 2.75) is 6.61 Å². The van der Waals surface area contributed by atoms with Crippen molar-refractivity contribution in [3.05, 3.63) is 59.4 Å². The van der Waals surface area contributed by atoms with Gasteiger partial charge in [0.1, 0.15) is 23.9 Å². The summed E-state index contributed by atoms with van der Waals surface area (Å²) in [5.74, 6) is -1.22. The van der Waals surface area contributed by atoms with Gasteiger partial charge in [-0.3, -0.25) is 4.79 Å². The highest BCUT2D eigenvalue weighted by atomic mass is 19.1. The van der Waals surface area contributed by atoms with Crippen molar-refractivity contribution < 1.29 is 28.2 Å². The van der Waals surface area contributed by atoms with Crippen LogP contribution in [-0.4, -0.2) is 25.6 Å². The number of carbonyl (C=O) groups is 2. The van der Waals surface area contributed by atoms with Gasteiger partial charge in [0.05, 0.1) is 12.7 Å². The molecule has 1 amide bonds. The second-order valence-electron chi connectivity index (χ2n) is 4.77. The summed E-state index contributed by atoms with van der Waals surface area (Å²) in [6.45, 7) is -0.581. The van der Waals surface area contributed by atoms with Crippen LogP contribution < -0.4 is 15.2 Å². The zero-order chi connectivity index (χ0) is 17.5. The Bertz CT molecular complexity index is 748. The van der Waals surface area contributed by atoms with E-state index >= 15 is 0 Å². The maximum atomic E-state index is 13.2. The van der Waals surface area contributed by atoms with Gasteiger partial charge in [0, 0.05) is 5.56 Å². The van der Waals surface area contributed by atoms with Gasteiger partial charge in [0.2, 0.25) is 0 Å². The number of methoxy groups -OCH3 is 1. The molecule has 2 N–H and O–H groups in total. The summed E-state index contributed by atoms with van der Waals surface area (Å²) >= 11 is 0. The predicted molar refractivity (Wildman–Crippen MR) is 83.2 cm³/mol. The van der Waals surface area contributed by atoms with Gasteiger partial charge < -0.3 is 19.9 Å². The van der Waals surface area contributed by atoms with Gasteiger partial charge in [-0.1, -0.05) is 12.1 Å². The summed E-state index contributed by atoms with van der Waals surface area (Å²) in [5.41, 5.74) is 5.77. The summed E-state index contributed by atoms with van der Waals surface area (Å²) in [6.07, 6.45) is 0. The Kier molecular flexibility index (Phi) is 5.73. The maximum absolute atomic E-state index is 13.2. The Morgan fingerprint density at radius 2 is 1.88 bits per heavy atom. The summed E-state index contributed by atoms with van der Waals surface area (Å²) in [5, 5.41) is 0. The molecule has 0 aromatic heterocycles. The molecule has 2 rings (SSSR count). The minimum Gasteiger partial charge on any atom is -0.496 e. The number of para-hydroxylation sites is 1. The largest absolute Gasteiger partial charge is 0.496 e. The minimum absolute atomic E-state index is 0.164. The fourth-order valence-electron chi connectivity index (χ4n) is 1.99. The maximum Gasteiger partial charge on any atom is 0.344 e. The normalized spacial score (nSPS) is 10.1. The van der Waals surface area contributed by atoms with Crippen LogP contribution in [0.5, 0.6) is 11.5 Å². The number of carbonyl (C=O) groups excluding carboxylic acids is 2. The zero-order valence-electron chi connectivity index (χ0n) is 13.0. The Balaban J connectivity index is 1.93. The molecule has 0 heterocycles. The van der Waals surface area contributed by atoms with Crippen LogP contribution in [0.2, 0.25) is 0 Å². The zero-order valence-corrected chi connectivity index (χ0v) is 13.0. The Morgan fingerprint density at radius 1 is 1.12 bits per heavy atom. The third kappa shape index (κ3) is 4.45. The number of ether oxygens (including phenoxy) is 3. The molecule has 0 aliphatic heterocycles. The second-order valence-corrected chi connectivity index (χ2v) is 4.77. The Morgan fingerprint density at radius 3 is 2.58 bits per heavy atom. The molecule has 0 atom stereocenters. The molecular formula is C17H16FNO5. The number of nitrogens with two attached hydrogens (primary N) is 1. The van der Waals surface area contributed by atoms with E-state index in [4.69, 9.17) is 19.9 Å². The number of halogens is 1. The summed E-state index contributed by atoms with van der Waals surface area (Å²) in [6, 6.07) is 10.2. The van der Waals surface area contributed by atoms with Gasteiger partial charge in [-0.2, -0.15) is 0 Å². The minimum atomic E-state index is -0.680. The molecule has 0 saturated heterocycles. The molecule has 2 aromatic rings. The van der Waals surface area contributed by atoms with Crippen molar-refractivity contribution in [2.24, 2.45) is 5.73 Å². The number of amides is 1. The highest BCUT2D eigenvalue weighted by Gasteiger charge is 2.12. The van der Waals surface area contributed by atoms with Crippen molar-refractivity contribution in [3.8, 4) is 11.5 Å². The topological polar surface area (TPSA) is 87.8 Å². The number of rotatable bonds is 7. The van der Waals surface area contributed by atoms with E-state index in [0.717, 1.165) is 0 Å². The number of benzene rings is 2. The van der Waals surface area contributed by atoms with Gasteiger partial charge in [0.15, 0.2) is 6.61 Å². The van der Waals surface area contributed by atoms with E-state index in [1.807, 2.05) is 0 Å². The van der Waals surface area contributed by atoms with Gasteiger partial charge in [-0.25, -0.2) is 9.18 Å². The summed E-state index contributed by atoms with van der Waals surface area (Å²) < 4.78 is 28.6. The quantitative estimate of drug-likeness (QED) is 0.784. The Labute approximate surface area is 137 Å². The fraction of sp³-hybridized carbons (Fsp3) is 0.176. The molecule has 0 fully saturated rings. The van der Waals surface area contributed by atoms with E-state index < -0.39 is 24.3 Å². The van der Waals surface area contributed by atoms with E-state index in [9.17, 15) is 14.0 Å². The summed E-state index contributed by atoms with van der Waals surface area (Å²) in [7, 11) is 1.43. The van der Waals surface area contributed by atoms with Crippen LogP contribution in [-0.2, 0) is 16.1 Å². The standard InChI is InChI=1S/C17H16FNO5/c1-22-14-7-6-12(18)8-11(14)9-24-16(20)10-23-15-5-3-2-4-13(15)17(19)21/h2-8H,9-10H2,1H3,(H2,19,21). The molecule has 6 nitrogen and oxygen atoms in total. The first-order valence-electron chi connectivity index (χ1n) is 7.01. The lowest BCUT2D eigenvalue weighted by Crippen LogP contribution is -2.18. The average molecular weight is 333 g/mol. The lowest BCUT2D eigenvalue weighted by molar-refractivity contribution is -0.147. The molecule has 7 heteroatoms. The SMILES string of the molecule is COc1ccc(F)cc1COC(=O)COc1ccccc1C(N)=O. The molecule has 0 radical (unpaired) electrons. The van der Waals surface area contributed by atoms with Crippen molar-refractivity contribution in [1.82, 2.24) is 0 Å². The van der Waals surface area contributed by atoms with Crippen LogP contribution >= 0.6 is 0 Å². The Hall–Kier alpha value is -3.09. The van der Waals surface area contributed by atoms with Gasteiger partial charge in [-0.15, -0.1) is 0 Å². The van der Waals surface area contributed by atoms with E-state index in [2.05, 4.69) is 0 Å². The van der Waals surface area contributed by atoms with Crippen molar-refractivity contribution in [2.75, 3.05) is 13.7 Å². The number of esters is 1. The molecule has 2 aromatic carbocycles. The van der Waals surface area contributed by atoms with Crippen LogP contribution in [0.25, 0.3) is 0 Å². The molecule has 0 bridgehead atoms. The van der Waals surface area contributed by atoms with E-state index in [1.54, 1.807) is 12.1 Å². The van der Waals surface area contributed by atoms with Crippen LogP contribution in [0.15, 0.2) is 42.5 Å². The third-order valence-electron chi connectivity index (χ3n) is 3.13. The predicted octanol–water partition coefficient (Wildman–Crippen LogP) is 2.06. The van der Waals surface area contributed by atoms with Crippen molar-refractivity contribution in [3.63, 3.8) is 0 Å². The first kappa shape index (κ1) is 17.3. The smallest absolute Gasteiger partial charge is 0.344 e. The first-order valence-corrected chi connectivity index (χ1v) is 7.01. The van der Waals surface area contributed by atoms with E-state index in [-0.39, 0.29) is 17.9 Å². The van der Waals surface area contributed by atoms with Gasteiger partial charge in [-0.05, 0) is 30.3 Å². The lowest BCUT2D eigenvalue weighted by Gasteiger charge is -2.11. The highest BCUT2D eigenvalue weighted by molar-refractivity contribution is 5.95. The van der Waals surface area contributed by atoms with E-state index in [0.29, 0.717) is 11.3 Å². The molecule has 0 saturated carbocycles. The van der Waals surface area contributed by atoms with Crippen molar-refractivity contribution in [1.29, 1.82) is 0 Å².